The Balaban J connectivity index is 2.58. The van der Waals surface area contributed by atoms with Crippen LogP contribution in [0.5, 0.6) is 0 Å². The first kappa shape index (κ1) is 25.5. The summed E-state index contributed by atoms with van der Waals surface area (Å²) in [4.78, 5) is 35.1. The lowest BCUT2D eigenvalue weighted by atomic mass is 9.86. The maximum Gasteiger partial charge on any atom is 0.508 e. The van der Waals surface area contributed by atoms with Crippen molar-refractivity contribution in [2.75, 3.05) is 26.9 Å². The number of carbonyl (C=O) groups is 3. The Morgan fingerprint density at radius 3 is 2.23 bits per heavy atom. The molecular formula is C23H34O7. The van der Waals surface area contributed by atoms with Crippen LogP contribution >= 0.6 is 0 Å². The Morgan fingerprint density at radius 2 is 1.67 bits per heavy atom. The van der Waals surface area contributed by atoms with E-state index in [2.05, 4.69) is 26.0 Å². The van der Waals surface area contributed by atoms with Crippen LogP contribution in [0, 0.1) is 11.3 Å². The second kappa shape index (κ2) is 12.9. The maximum absolute atomic E-state index is 12.0. The summed E-state index contributed by atoms with van der Waals surface area (Å²) in [6, 6.07) is 10.2. The van der Waals surface area contributed by atoms with Crippen molar-refractivity contribution < 1.29 is 33.3 Å². The van der Waals surface area contributed by atoms with Gasteiger partial charge in [0.15, 0.2) is 0 Å². The zero-order chi connectivity index (χ0) is 22.6. The smallest absolute Gasteiger partial charge is 0.468 e. The molecule has 0 aliphatic heterocycles. The predicted molar refractivity (Wildman–Crippen MR) is 112 cm³/mol. The van der Waals surface area contributed by atoms with Gasteiger partial charge in [-0.2, -0.15) is 0 Å². The van der Waals surface area contributed by atoms with Crippen LogP contribution in [-0.2, 0) is 28.5 Å². The van der Waals surface area contributed by atoms with Gasteiger partial charge < -0.3 is 18.9 Å². The van der Waals surface area contributed by atoms with E-state index in [0.29, 0.717) is 12.3 Å². The Labute approximate surface area is 179 Å². The molecule has 30 heavy (non-hydrogen) atoms. The van der Waals surface area contributed by atoms with Gasteiger partial charge in [0.2, 0.25) is 0 Å². The molecule has 0 saturated carbocycles. The highest BCUT2D eigenvalue weighted by molar-refractivity contribution is 5.77. The summed E-state index contributed by atoms with van der Waals surface area (Å²) >= 11 is 0. The molecule has 0 heterocycles. The fourth-order valence-corrected chi connectivity index (χ4v) is 3.01. The lowest BCUT2D eigenvalue weighted by molar-refractivity contribution is -0.162. The number of hydrogen-bond acceptors (Lipinski definition) is 7. The van der Waals surface area contributed by atoms with Crippen LogP contribution < -0.4 is 0 Å². The molecule has 0 aliphatic rings. The van der Waals surface area contributed by atoms with Crippen molar-refractivity contribution in [3.8, 4) is 0 Å². The standard InChI is InChI=1S/C23H34O7/c1-6-17(2)14-20(19-10-8-7-9-11-19)12-13-28-22(26)30-16-23(4,21(25)27-5)15-29-18(3)24/h7-11,17,20H,6,12-16H2,1-5H3. The number of carbonyl (C=O) groups excluding carboxylic acids is 3. The van der Waals surface area contributed by atoms with Gasteiger partial charge in [-0.3, -0.25) is 9.59 Å². The lowest BCUT2D eigenvalue weighted by Gasteiger charge is -2.25. The molecule has 0 fully saturated rings. The molecule has 0 bridgehead atoms. The fraction of sp³-hybridized carbons (Fsp3) is 0.609. The van der Waals surface area contributed by atoms with Crippen LogP contribution in [-0.4, -0.2) is 45.0 Å². The van der Waals surface area contributed by atoms with Gasteiger partial charge in [-0.15, -0.1) is 0 Å². The first-order valence-corrected chi connectivity index (χ1v) is 10.3. The first-order valence-electron chi connectivity index (χ1n) is 10.3. The molecule has 3 unspecified atom stereocenters. The second-order valence-corrected chi connectivity index (χ2v) is 7.87. The number of benzene rings is 1. The Kier molecular flexibility index (Phi) is 10.9. The fourth-order valence-electron chi connectivity index (χ4n) is 3.01. The third kappa shape index (κ3) is 8.84. The summed E-state index contributed by atoms with van der Waals surface area (Å²) in [7, 11) is 1.22. The zero-order valence-electron chi connectivity index (χ0n) is 18.6. The monoisotopic (exact) mass is 422 g/mol. The van der Waals surface area contributed by atoms with E-state index >= 15 is 0 Å². The molecule has 7 heteroatoms. The third-order valence-electron chi connectivity index (χ3n) is 5.12. The molecule has 3 atom stereocenters. The minimum atomic E-state index is -1.30. The summed E-state index contributed by atoms with van der Waals surface area (Å²) in [6.07, 6.45) is 1.89. The number of esters is 2. The molecule has 1 rings (SSSR count). The number of hydrogen-bond donors (Lipinski definition) is 0. The van der Waals surface area contributed by atoms with Crippen molar-refractivity contribution in [2.24, 2.45) is 11.3 Å². The van der Waals surface area contributed by atoms with E-state index in [-0.39, 0.29) is 25.7 Å². The molecule has 0 aromatic heterocycles. The van der Waals surface area contributed by atoms with E-state index in [4.69, 9.17) is 18.9 Å². The summed E-state index contributed by atoms with van der Waals surface area (Å²) in [5, 5.41) is 0. The van der Waals surface area contributed by atoms with Gasteiger partial charge >= 0.3 is 18.1 Å². The van der Waals surface area contributed by atoms with Crippen LogP contribution in [0.1, 0.15) is 58.4 Å². The molecule has 168 valence electrons. The molecule has 1 aromatic rings. The third-order valence-corrected chi connectivity index (χ3v) is 5.12. The summed E-state index contributed by atoms with van der Waals surface area (Å²) < 4.78 is 19.9. The van der Waals surface area contributed by atoms with Crippen LogP contribution in [0.3, 0.4) is 0 Å². The van der Waals surface area contributed by atoms with Crippen LogP contribution in [0.25, 0.3) is 0 Å². The second-order valence-electron chi connectivity index (χ2n) is 7.87. The Hall–Kier alpha value is -2.57. The van der Waals surface area contributed by atoms with E-state index in [1.807, 2.05) is 18.2 Å². The van der Waals surface area contributed by atoms with Gasteiger partial charge in [-0.05, 0) is 37.2 Å². The molecule has 7 nitrogen and oxygen atoms in total. The van der Waals surface area contributed by atoms with Crippen molar-refractivity contribution >= 4 is 18.1 Å². The lowest BCUT2D eigenvalue weighted by Crippen LogP contribution is -2.39. The van der Waals surface area contributed by atoms with Gasteiger partial charge in [0.25, 0.3) is 0 Å². The summed E-state index contributed by atoms with van der Waals surface area (Å²) in [5.74, 6) is -0.349. The molecule has 0 aliphatic carbocycles. The van der Waals surface area contributed by atoms with Crippen molar-refractivity contribution in [2.45, 2.75) is 52.9 Å². The van der Waals surface area contributed by atoms with Gasteiger partial charge in [0.05, 0.1) is 13.7 Å². The number of ether oxygens (including phenoxy) is 4. The van der Waals surface area contributed by atoms with E-state index in [1.54, 1.807) is 0 Å². The van der Waals surface area contributed by atoms with Crippen LogP contribution in [0.2, 0.25) is 0 Å². The summed E-state index contributed by atoms with van der Waals surface area (Å²) in [5.41, 5.74) is -0.0860. The van der Waals surface area contributed by atoms with E-state index in [0.717, 1.165) is 12.8 Å². The maximum atomic E-state index is 12.0. The molecule has 0 radical (unpaired) electrons. The van der Waals surface area contributed by atoms with Crippen molar-refractivity contribution in [3.63, 3.8) is 0 Å². The minimum Gasteiger partial charge on any atom is -0.468 e. The van der Waals surface area contributed by atoms with Gasteiger partial charge in [-0.25, -0.2) is 4.79 Å². The SMILES string of the molecule is CCC(C)CC(CCOC(=O)OCC(C)(COC(C)=O)C(=O)OC)c1ccccc1. The highest BCUT2D eigenvalue weighted by Crippen LogP contribution is 2.28. The van der Waals surface area contributed by atoms with Crippen LogP contribution in [0.15, 0.2) is 30.3 Å². The Morgan fingerprint density at radius 1 is 1.03 bits per heavy atom. The quantitative estimate of drug-likeness (QED) is 0.362. The average molecular weight is 423 g/mol. The van der Waals surface area contributed by atoms with Crippen LogP contribution in [0.4, 0.5) is 4.79 Å². The minimum absolute atomic E-state index is 0.202. The van der Waals surface area contributed by atoms with E-state index in [1.165, 1.54) is 26.5 Å². The molecule has 0 saturated heterocycles. The Bertz CT molecular complexity index is 673. The molecule has 0 spiro atoms. The van der Waals surface area contributed by atoms with Gasteiger partial charge in [0, 0.05) is 6.92 Å². The van der Waals surface area contributed by atoms with Gasteiger partial charge in [-0.1, -0.05) is 50.6 Å². The summed E-state index contributed by atoms with van der Waals surface area (Å²) in [6.45, 7) is 6.72. The van der Waals surface area contributed by atoms with E-state index in [9.17, 15) is 14.4 Å². The number of methoxy groups -OCH3 is 1. The average Bonchev–Trinajstić information content (AvgIpc) is 2.75. The van der Waals surface area contributed by atoms with Crippen molar-refractivity contribution in [3.05, 3.63) is 35.9 Å². The molecule has 0 amide bonds. The van der Waals surface area contributed by atoms with E-state index < -0.39 is 23.5 Å². The topological polar surface area (TPSA) is 88.1 Å². The van der Waals surface area contributed by atoms with Crippen molar-refractivity contribution in [1.82, 2.24) is 0 Å². The molecule has 1 aromatic carbocycles. The first-order chi connectivity index (χ1) is 14.2. The highest BCUT2D eigenvalue weighted by Gasteiger charge is 2.38. The normalized spacial score (nSPS) is 14.7. The zero-order valence-corrected chi connectivity index (χ0v) is 18.6. The molecule has 0 N–H and O–H groups in total. The highest BCUT2D eigenvalue weighted by atomic mass is 16.7. The predicted octanol–water partition coefficient (Wildman–Crippen LogP) is 4.49. The molecular weight excluding hydrogens is 388 g/mol. The number of rotatable bonds is 12. The van der Waals surface area contributed by atoms with Gasteiger partial charge in [0.1, 0.15) is 18.6 Å². The van der Waals surface area contributed by atoms with Crippen molar-refractivity contribution in [1.29, 1.82) is 0 Å². The largest absolute Gasteiger partial charge is 0.508 e.